The third kappa shape index (κ3) is 2.71. The van der Waals surface area contributed by atoms with Gasteiger partial charge in [-0.2, -0.15) is 0 Å². The van der Waals surface area contributed by atoms with Gasteiger partial charge in [0, 0.05) is 17.8 Å². The van der Waals surface area contributed by atoms with Crippen LogP contribution in [-0.4, -0.2) is 22.5 Å². The summed E-state index contributed by atoms with van der Waals surface area (Å²) < 4.78 is 26.7. The summed E-state index contributed by atoms with van der Waals surface area (Å²) in [5, 5.41) is 10.6. The Morgan fingerprint density at radius 3 is 2.61 bits per heavy atom. The lowest BCUT2D eigenvalue weighted by atomic mass is 10.1. The van der Waals surface area contributed by atoms with Crippen molar-refractivity contribution < 1.29 is 13.5 Å². The van der Waals surface area contributed by atoms with Crippen LogP contribution in [0.25, 0.3) is 10.9 Å². The van der Waals surface area contributed by atoms with Crippen molar-refractivity contribution in [2.75, 3.05) is 0 Å². The summed E-state index contributed by atoms with van der Waals surface area (Å²) in [6.07, 6.45) is 6.41. The van der Waals surface area contributed by atoms with Gasteiger partial charge in [-0.05, 0) is 42.1 Å². The van der Waals surface area contributed by atoms with Crippen LogP contribution < -0.4 is 5.73 Å². The second-order valence-electron chi connectivity index (χ2n) is 4.95. The van der Waals surface area contributed by atoms with E-state index >= 15 is 0 Å². The van der Waals surface area contributed by atoms with Crippen LogP contribution in [0.2, 0.25) is 0 Å². The van der Waals surface area contributed by atoms with Crippen LogP contribution in [0.1, 0.15) is 11.7 Å². The summed E-state index contributed by atoms with van der Waals surface area (Å²) in [6.45, 7) is 0. The third-order valence-electron chi connectivity index (χ3n) is 3.53. The maximum atomic E-state index is 12.8. The van der Waals surface area contributed by atoms with Crippen molar-refractivity contribution in [2.45, 2.75) is 11.0 Å². The van der Waals surface area contributed by atoms with Crippen LogP contribution in [0, 0.1) is 0 Å². The van der Waals surface area contributed by atoms with Crippen LogP contribution in [0.4, 0.5) is 0 Å². The lowest BCUT2D eigenvalue weighted by Gasteiger charge is -2.10. The molecule has 0 saturated carbocycles. The number of nitrogens with zero attached hydrogens (tertiary/aromatic N) is 2. The van der Waals surface area contributed by atoms with E-state index in [1.54, 1.807) is 30.5 Å². The molecule has 7 heteroatoms. The van der Waals surface area contributed by atoms with Crippen LogP contribution >= 0.6 is 0 Å². The van der Waals surface area contributed by atoms with Crippen molar-refractivity contribution in [3.8, 4) is 0 Å². The van der Waals surface area contributed by atoms with E-state index in [2.05, 4.69) is 4.98 Å². The molecule has 3 N–H and O–H groups in total. The average molecular weight is 329 g/mol. The Bertz CT molecular complexity index is 960. The monoisotopic (exact) mass is 329 g/mol. The summed E-state index contributed by atoms with van der Waals surface area (Å²) in [7, 11) is -3.72. The zero-order valence-corrected chi connectivity index (χ0v) is 12.9. The van der Waals surface area contributed by atoms with Crippen LogP contribution in [0.3, 0.4) is 0 Å². The first-order chi connectivity index (χ1) is 11.0. The molecule has 0 spiro atoms. The first-order valence-electron chi connectivity index (χ1n) is 6.87. The van der Waals surface area contributed by atoms with Crippen LogP contribution in [0.15, 0.2) is 72.2 Å². The molecule has 0 aliphatic rings. The third-order valence-corrected chi connectivity index (χ3v) is 5.24. The number of benzene rings is 1. The molecule has 6 nitrogen and oxygen atoms in total. The van der Waals surface area contributed by atoms with Crippen LogP contribution in [-0.2, 0) is 10.0 Å². The normalized spacial score (nSPS) is 13.6. The molecule has 3 rings (SSSR count). The molecule has 3 aromatic rings. The Balaban J connectivity index is 2.03. The highest BCUT2D eigenvalue weighted by Crippen LogP contribution is 2.23. The van der Waals surface area contributed by atoms with Gasteiger partial charge in [0.25, 0.3) is 10.0 Å². The maximum absolute atomic E-state index is 12.8. The molecule has 0 bridgehead atoms. The standard InChI is InChI=1S/C16H15N3O3S/c17-8-5-16(20)13-1-3-14(4-2-13)23(21,22)19-10-7-12-6-9-18-11-15(12)19/h1-11,16,20H,17H2/b8-5+. The Hall–Kier alpha value is -2.64. The molecular weight excluding hydrogens is 314 g/mol. The number of aliphatic hydroxyl groups excluding tert-OH is 1. The van der Waals surface area contributed by atoms with E-state index in [0.717, 1.165) is 5.39 Å². The molecule has 0 fully saturated rings. The van der Waals surface area contributed by atoms with Gasteiger partial charge < -0.3 is 10.8 Å². The number of hydrogen-bond acceptors (Lipinski definition) is 5. The molecule has 0 aliphatic heterocycles. The fourth-order valence-corrected chi connectivity index (χ4v) is 3.67. The van der Waals surface area contributed by atoms with E-state index in [9.17, 15) is 13.5 Å². The number of rotatable bonds is 4. The second kappa shape index (κ2) is 5.86. The van der Waals surface area contributed by atoms with E-state index in [0.29, 0.717) is 11.1 Å². The number of fused-ring (bicyclic) bond motifs is 1. The quantitative estimate of drug-likeness (QED) is 0.760. The van der Waals surface area contributed by atoms with Gasteiger partial charge in [0.1, 0.15) is 0 Å². The van der Waals surface area contributed by atoms with Crippen molar-refractivity contribution >= 4 is 20.9 Å². The van der Waals surface area contributed by atoms with Gasteiger partial charge in [-0.1, -0.05) is 12.1 Å². The van der Waals surface area contributed by atoms with E-state index in [1.165, 1.54) is 40.8 Å². The molecule has 1 atom stereocenters. The lowest BCUT2D eigenvalue weighted by Crippen LogP contribution is -2.12. The summed E-state index contributed by atoms with van der Waals surface area (Å²) in [4.78, 5) is 4.10. The van der Waals surface area contributed by atoms with Crippen LogP contribution in [0.5, 0.6) is 0 Å². The Morgan fingerprint density at radius 2 is 1.91 bits per heavy atom. The molecule has 23 heavy (non-hydrogen) atoms. The van der Waals surface area contributed by atoms with Gasteiger partial charge in [-0.3, -0.25) is 4.98 Å². The average Bonchev–Trinajstić information content (AvgIpc) is 3.00. The zero-order valence-electron chi connectivity index (χ0n) is 12.1. The van der Waals surface area contributed by atoms with Crippen molar-refractivity contribution in [1.82, 2.24) is 8.96 Å². The predicted octanol–water partition coefficient (Wildman–Crippen LogP) is 1.78. The molecule has 2 aromatic heterocycles. The minimum absolute atomic E-state index is 0.131. The van der Waals surface area contributed by atoms with E-state index < -0.39 is 16.1 Å². The summed E-state index contributed by atoms with van der Waals surface area (Å²) in [6, 6.07) is 9.50. The second-order valence-corrected chi connectivity index (χ2v) is 6.76. The number of hydrogen-bond donors (Lipinski definition) is 2. The van der Waals surface area contributed by atoms with Gasteiger partial charge in [-0.25, -0.2) is 12.4 Å². The molecule has 0 saturated heterocycles. The smallest absolute Gasteiger partial charge is 0.268 e. The number of nitrogens with two attached hydrogens (primary N) is 1. The van der Waals surface area contributed by atoms with Gasteiger partial charge in [0.2, 0.25) is 0 Å². The van der Waals surface area contributed by atoms with E-state index in [4.69, 9.17) is 5.73 Å². The molecule has 0 amide bonds. The predicted molar refractivity (Wildman–Crippen MR) is 87.0 cm³/mol. The maximum Gasteiger partial charge on any atom is 0.268 e. The number of aliphatic hydroxyl groups is 1. The molecule has 1 aromatic carbocycles. The number of aromatic nitrogens is 2. The van der Waals surface area contributed by atoms with E-state index in [-0.39, 0.29) is 4.90 Å². The fraction of sp³-hybridized carbons (Fsp3) is 0.0625. The summed E-state index contributed by atoms with van der Waals surface area (Å²) >= 11 is 0. The molecule has 118 valence electrons. The van der Waals surface area contributed by atoms with Gasteiger partial charge in [-0.15, -0.1) is 0 Å². The first kappa shape index (κ1) is 15.3. The first-order valence-corrected chi connectivity index (χ1v) is 8.31. The minimum atomic E-state index is -3.72. The van der Waals surface area contributed by atoms with Crippen molar-refractivity contribution in [2.24, 2.45) is 5.73 Å². The SMILES string of the molecule is N/C=C/C(O)c1ccc(S(=O)(=O)n2ccc3ccncc32)cc1. The fourth-order valence-electron chi connectivity index (χ4n) is 2.33. The minimum Gasteiger partial charge on any atom is -0.405 e. The topological polar surface area (TPSA) is 98.2 Å². The van der Waals surface area contributed by atoms with E-state index in [1.807, 2.05) is 0 Å². The van der Waals surface area contributed by atoms with Gasteiger partial charge in [0.15, 0.2) is 0 Å². The highest BCUT2D eigenvalue weighted by Gasteiger charge is 2.19. The lowest BCUT2D eigenvalue weighted by molar-refractivity contribution is 0.228. The van der Waals surface area contributed by atoms with Crippen molar-refractivity contribution in [3.05, 3.63) is 72.8 Å². The largest absolute Gasteiger partial charge is 0.405 e. The Morgan fingerprint density at radius 1 is 1.17 bits per heavy atom. The summed E-state index contributed by atoms with van der Waals surface area (Å²) in [5.41, 5.74) is 6.31. The molecular formula is C16H15N3O3S. The Labute approximate surface area is 133 Å². The van der Waals surface area contributed by atoms with Gasteiger partial charge >= 0.3 is 0 Å². The van der Waals surface area contributed by atoms with Crippen molar-refractivity contribution in [3.63, 3.8) is 0 Å². The van der Waals surface area contributed by atoms with Gasteiger partial charge in [0.05, 0.1) is 22.7 Å². The van der Waals surface area contributed by atoms with Crippen molar-refractivity contribution in [1.29, 1.82) is 0 Å². The number of pyridine rings is 1. The molecule has 0 aliphatic carbocycles. The zero-order chi connectivity index (χ0) is 16.4. The molecule has 2 heterocycles. The Kier molecular flexibility index (Phi) is 3.89. The highest BCUT2D eigenvalue weighted by molar-refractivity contribution is 7.90. The summed E-state index contributed by atoms with van der Waals surface area (Å²) in [5.74, 6) is 0. The molecule has 1 unspecified atom stereocenters. The highest BCUT2D eigenvalue weighted by atomic mass is 32.2. The molecule has 0 radical (unpaired) electrons.